The fourth-order valence-electron chi connectivity index (χ4n) is 4.39. The number of nitrogens with zero attached hydrogens (tertiary/aromatic N) is 2. The zero-order chi connectivity index (χ0) is 25.5. The smallest absolute Gasteiger partial charge is 0.253 e. The third kappa shape index (κ3) is 6.51. The molecule has 190 valence electrons. The van der Waals surface area contributed by atoms with Crippen LogP contribution in [0.15, 0.2) is 66.4 Å². The van der Waals surface area contributed by atoms with Gasteiger partial charge < -0.3 is 25.8 Å². The first-order valence-corrected chi connectivity index (χ1v) is 12.4. The van der Waals surface area contributed by atoms with Crippen molar-refractivity contribution in [1.29, 1.82) is 0 Å². The predicted molar refractivity (Wildman–Crippen MR) is 141 cm³/mol. The van der Waals surface area contributed by atoms with E-state index in [2.05, 4.69) is 20.9 Å². The minimum Gasteiger partial charge on any atom is -0.387 e. The van der Waals surface area contributed by atoms with Gasteiger partial charge in [0.2, 0.25) is 5.91 Å². The topological polar surface area (TPSA) is 76.7 Å². The van der Waals surface area contributed by atoms with Gasteiger partial charge >= 0.3 is 0 Å². The molecular formula is C28H34FN5O2. The largest absolute Gasteiger partial charge is 0.387 e. The second kappa shape index (κ2) is 11.9. The van der Waals surface area contributed by atoms with Crippen LogP contribution in [0.3, 0.4) is 0 Å². The first kappa shape index (κ1) is 25.4. The van der Waals surface area contributed by atoms with Gasteiger partial charge in [0.05, 0.1) is 0 Å². The molecule has 8 heteroatoms. The monoisotopic (exact) mass is 491 g/mol. The Hall–Kier alpha value is -3.65. The molecule has 0 saturated carbocycles. The van der Waals surface area contributed by atoms with Gasteiger partial charge in [0.1, 0.15) is 5.82 Å². The molecule has 2 heterocycles. The fraction of sp³-hybridized carbons (Fsp3) is 0.357. The van der Waals surface area contributed by atoms with E-state index in [4.69, 9.17) is 0 Å². The van der Waals surface area contributed by atoms with E-state index in [1.54, 1.807) is 19.2 Å². The molecule has 0 spiro atoms. The van der Waals surface area contributed by atoms with Gasteiger partial charge in [0.15, 0.2) is 0 Å². The summed E-state index contributed by atoms with van der Waals surface area (Å²) in [6.45, 7) is 6.54. The third-order valence-corrected chi connectivity index (χ3v) is 6.52. The maximum absolute atomic E-state index is 14.8. The van der Waals surface area contributed by atoms with Crippen LogP contribution in [-0.2, 0) is 11.3 Å². The van der Waals surface area contributed by atoms with Gasteiger partial charge in [-0.2, -0.15) is 0 Å². The Morgan fingerprint density at radius 3 is 2.56 bits per heavy atom. The summed E-state index contributed by atoms with van der Waals surface area (Å²) in [6.07, 6.45) is 6.53. The number of carbonyl (C=O) groups excluding carboxylic acids is 2. The first-order chi connectivity index (χ1) is 17.4. The van der Waals surface area contributed by atoms with Crippen LogP contribution < -0.4 is 20.9 Å². The van der Waals surface area contributed by atoms with Crippen LogP contribution in [0.5, 0.6) is 0 Å². The average Bonchev–Trinajstić information content (AvgIpc) is 2.91. The summed E-state index contributed by atoms with van der Waals surface area (Å²) in [5, 5.41) is 9.25. The van der Waals surface area contributed by atoms with E-state index < -0.39 is 5.82 Å². The summed E-state index contributed by atoms with van der Waals surface area (Å²) in [7, 11) is 1.66. The van der Waals surface area contributed by atoms with Crippen molar-refractivity contribution >= 4 is 23.2 Å². The Morgan fingerprint density at radius 1 is 1.14 bits per heavy atom. The van der Waals surface area contributed by atoms with E-state index in [1.165, 1.54) is 11.0 Å². The van der Waals surface area contributed by atoms with Crippen LogP contribution in [0.4, 0.5) is 15.8 Å². The number of rotatable bonds is 8. The van der Waals surface area contributed by atoms with Crippen LogP contribution in [0.2, 0.25) is 0 Å². The first-order valence-electron chi connectivity index (χ1n) is 12.4. The summed E-state index contributed by atoms with van der Waals surface area (Å²) in [5.41, 5.74) is 3.50. The van der Waals surface area contributed by atoms with Crippen molar-refractivity contribution in [3.8, 4) is 0 Å². The SMILES string of the molecule is CC(CC1=CNCC=C1)C(=O)Nc1ccc(CN(C)C(=O)c2ccc(N3CCNCC3)cc2)c(F)c1. The molecule has 1 unspecified atom stereocenters. The van der Waals surface area contributed by atoms with Crippen molar-refractivity contribution in [3.05, 3.63) is 83.3 Å². The van der Waals surface area contributed by atoms with E-state index in [-0.39, 0.29) is 24.3 Å². The molecule has 0 aliphatic carbocycles. The van der Waals surface area contributed by atoms with E-state index >= 15 is 0 Å². The van der Waals surface area contributed by atoms with Crippen LogP contribution in [0, 0.1) is 11.7 Å². The Balaban J connectivity index is 1.32. The molecule has 2 aromatic carbocycles. The van der Waals surface area contributed by atoms with Crippen LogP contribution in [0.25, 0.3) is 0 Å². The number of piperazine rings is 1. The van der Waals surface area contributed by atoms with E-state index in [9.17, 15) is 14.0 Å². The molecule has 3 N–H and O–H groups in total. The van der Waals surface area contributed by atoms with E-state index in [0.717, 1.165) is 44.0 Å². The highest BCUT2D eigenvalue weighted by Gasteiger charge is 2.18. The maximum atomic E-state index is 14.8. The molecule has 4 rings (SSSR count). The van der Waals surface area contributed by atoms with Crippen molar-refractivity contribution in [1.82, 2.24) is 15.5 Å². The normalized spacial score (nSPS) is 16.1. The lowest BCUT2D eigenvalue weighted by Gasteiger charge is -2.29. The van der Waals surface area contributed by atoms with Gasteiger partial charge in [-0.1, -0.05) is 25.1 Å². The molecule has 7 nitrogen and oxygen atoms in total. The van der Waals surface area contributed by atoms with Gasteiger partial charge in [0.25, 0.3) is 5.91 Å². The van der Waals surface area contributed by atoms with Crippen LogP contribution in [-0.4, -0.2) is 56.5 Å². The van der Waals surface area contributed by atoms with Gasteiger partial charge in [-0.15, -0.1) is 0 Å². The Bertz CT molecular complexity index is 1140. The molecular weight excluding hydrogens is 457 g/mol. The van der Waals surface area contributed by atoms with Crippen LogP contribution >= 0.6 is 0 Å². The lowest BCUT2D eigenvalue weighted by atomic mass is 9.99. The van der Waals surface area contributed by atoms with Crippen molar-refractivity contribution < 1.29 is 14.0 Å². The molecule has 0 aromatic heterocycles. The van der Waals surface area contributed by atoms with Crippen molar-refractivity contribution in [2.24, 2.45) is 5.92 Å². The lowest BCUT2D eigenvalue weighted by Crippen LogP contribution is -2.43. The summed E-state index contributed by atoms with van der Waals surface area (Å²) in [4.78, 5) is 29.3. The molecule has 2 aliphatic heterocycles. The number of hydrogen-bond acceptors (Lipinski definition) is 5. The highest BCUT2D eigenvalue weighted by molar-refractivity contribution is 5.94. The summed E-state index contributed by atoms with van der Waals surface area (Å²) >= 11 is 0. The highest BCUT2D eigenvalue weighted by atomic mass is 19.1. The standard InChI is InChI=1S/C28H34FN5O2/c1-20(16-21-4-3-11-31-18-21)27(35)32-24-8-5-23(26(29)17-24)19-33(2)28(36)22-6-9-25(10-7-22)34-14-12-30-13-15-34/h3-10,17-18,20,30-31H,11-16,19H2,1-2H3,(H,32,35). The highest BCUT2D eigenvalue weighted by Crippen LogP contribution is 2.21. The van der Waals surface area contributed by atoms with Crippen molar-refractivity contribution in [2.75, 3.05) is 50.0 Å². The van der Waals surface area contributed by atoms with E-state index in [1.807, 2.05) is 49.5 Å². The van der Waals surface area contributed by atoms with Crippen molar-refractivity contribution in [3.63, 3.8) is 0 Å². The molecule has 0 bridgehead atoms. The minimum atomic E-state index is -0.462. The number of benzene rings is 2. The predicted octanol–water partition coefficient (Wildman–Crippen LogP) is 3.52. The Morgan fingerprint density at radius 2 is 1.89 bits per heavy atom. The molecule has 1 saturated heterocycles. The lowest BCUT2D eigenvalue weighted by molar-refractivity contribution is -0.119. The second-order valence-corrected chi connectivity index (χ2v) is 9.38. The third-order valence-electron chi connectivity index (χ3n) is 6.52. The number of hydrogen-bond donors (Lipinski definition) is 3. The zero-order valence-corrected chi connectivity index (χ0v) is 20.9. The van der Waals surface area contributed by atoms with Crippen LogP contribution in [0.1, 0.15) is 29.3 Å². The number of amides is 2. The fourth-order valence-corrected chi connectivity index (χ4v) is 4.39. The maximum Gasteiger partial charge on any atom is 0.253 e. The summed E-state index contributed by atoms with van der Waals surface area (Å²) < 4.78 is 14.8. The number of dihydropyridines is 1. The molecule has 2 aromatic rings. The quantitative estimate of drug-likeness (QED) is 0.527. The van der Waals surface area contributed by atoms with Gasteiger partial charge in [-0.25, -0.2) is 4.39 Å². The summed E-state index contributed by atoms with van der Waals surface area (Å²) in [5.74, 6) is -1.06. The molecule has 2 amide bonds. The Labute approximate surface area is 212 Å². The van der Waals surface area contributed by atoms with Gasteiger partial charge in [-0.05, 0) is 54.6 Å². The second-order valence-electron chi connectivity index (χ2n) is 9.38. The number of halogens is 1. The molecule has 36 heavy (non-hydrogen) atoms. The van der Waals surface area contributed by atoms with Gasteiger partial charge in [-0.3, -0.25) is 9.59 Å². The van der Waals surface area contributed by atoms with Gasteiger partial charge in [0, 0.05) is 74.7 Å². The molecule has 1 atom stereocenters. The number of allylic oxidation sites excluding steroid dienone is 2. The number of nitrogens with one attached hydrogen (secondary N) is 3. The zero-order valence-electron chi connectivity index (χ0n) is 20.9. The number of carbonyl (C=O) groups is 2. The van der Waals surface area contributed by atoms with Crippen molar-refractivity contribution in [2.45, 2.75) is 19.9 Å². The molecule has 2 aliphatic rings. The molecule has 1 fully saturated rings. The Kier molecular flexibility index (Phi) is 8.38. The number of anilines is 2. The molecule has 0 radical (unpaired) electrons. The summed E-state index contributed by atoms with van der Waals surface area (Å²) in [6, 6.07) is 12.2. The van der Waals surface area contributed by atoms with E-state index in [0.29, 0.717) is 23.2 Å². The average molecular weight is 492 g/mol. The minimum absolute atomic E-state index is 0.127.